The summed E-state index contributed by atoms with van der Waals surface area (Å²) in [6.07, 6.45) is 2.06. The Morgan fingerprint density at radius 3 is 2.38 bits per heavy atom. The van der Waals surface area contributed by atoms with Crippen molar-refractivity contribution in [1.29, 1.82) is 0 Å². The molecule has 0 spiro atoms. The van der Waals surface area contributed by atoms with Crippen LogP contribution in [0.1, 0.15) is 17.1 Å². The lowest BCUT2D eigenvalue weighted by molar-refractivity contribution is 0.146. The van der Waals surface area contributed by atoms with E-state index in [0.717, 1.165) is 50.1 Å². The molecule has 1 aliphatic rings. The molecule has 2 aromatic heterocycles. The van der Waals surface area contributed by atoms with Crippen molar-refractivity contribution in [3.8, 4) is 5.95 Å². The molecular formula is C16H23N5. The Kier molecular flexibility index (Phi) is 4.03. The van der Waals surface area contributed by atoms with Crippen LogP contribution < -0.4 is 0 Å². The average molecular weight is 285 g/mol. The third-order valence-electron chi connectivity index (χ3n) is 4.00. The molecular weight excluding hydrogens is 262 g/mol. The van der Waals surface area contributed by atoms with Gasteiger partial charge in [-0.2, -0.15) is 0 Å². The molecule has 0 radical (unpaired) electrons. The van der Waals surface area contributed by atoms with Gasteiger partial charge in [-0.05, 0) is 39.1 Å². The number of likely N-dealkylation sites (N-methyl/N-ethyl adjacent to an activating group) is 1. The monoisotopic (exact) mass is 285 g/mol. The summed E-state index contributed by atoms with van der Waals surface area (Å²) in [5, 5.41) is 0. The zero-order valence-corrected chi connectivity index (χ0v) is 13.1. The van der Waals surface area contributed by atoms with Crippen LogP contribution in [-0.4, -0.2) is 57.6 Å². The maximum Gasteiger partial charge on any atom is 0.234 e. The van der Waals surface area contributed by atoms with Gasteiger partial charge in [0.25, 0.3) is 0 Å². The van der Waals surface area contributed by atoms with Gasteiger partial charge in [0.15, 0.2) is 0 Å². The quantitative estimate of drug-likeness (QED) is 0.859. The first-order valence-corrected chi connectivity index (χ1v) is 7.51. The molecule has 1 aliphatic heterocycles. The van der Waals surface area contributed by atoms with Gasteiger partial charge in [0.2, 0.25) is 5.95 Å². The van der Waals surface area contributed by atoms with Crippen LogP contribution >= 0.6 is 0 Å². The summed E-state index contributed by atoms with van der Waals surface area (Å²) in [6, 6.07) is 6.25. The highest BCUT2D eigenvalue weighted by molar-refractivity contribution is 5.24. The third kappa shape index (κ3) is 3.31. The van der Waals surface area contributed by atoms with Crippen LogP contribution in [0.3, 0.4) is 0 Å². The molecule has 0 aliphatic carbocycles. The van der Waals surface area contributed by atoms with Crippen LogP contribution in [0.2, 0.25) is 0 Å². The van der Waals surface area contributed by atoms with Gasteiger partial charge in [0.05, 0.1) is 0 Å². The summed E-state index contributed by atoms with van der Waals surface area (Å²) >= 11 is 0. The first-order valence-electron chi connectivity index (χ1n) is 7.51. The highest BCUT2D eigenvalue weighted by Crippen LogP contribution is 2.13. The molecule has 0 saturated carbocycles. The standard InChI is InChI=1S/C16H23N5/c1-13-11-14(2)18-16(17-13)21-6-4-5-15(21)12-20-9-7-19(3)8-10-20/h4-6,11H,7-10,12H2,1-3H3. The highest BCUT2D eigenvalue weighted by atomic mass is 15.3. The number of aromatic nitrogens is 3. The summed E-state index contributed by atoms with van der Waals surface area (Å²) in [6.45, 7) is 9.51. The number of nitrogens with zero attached hydrogens (tertiary/aromatic N) is 5. The van der Waals surface area contributed by atoms with Gasteiger partial charge in [-0.3, -0.25) is 9.47 Å². The van der Waals surface area contributed by atoms with Crippen LogP contribution in [0, 0.1) is 13.8 Å². The molecule has 0 bridgehead atoms. The molecule has 5 heteroatoms. The van der Waals surface area contributed by atoms with Gasteiger partial charge in [0, 0.05) is 56.0 Å². The summed E-state index contributed by atoms with van der Waals surface area (Å²) < 4.78 is 2.11. The second kappa shape index (κ2) is 5.95. The fourth-order valence-electron chi connectivity index (χ4n) is 2.79. The van der Waals surface area contributed by atoms with E-state index in [9.17, 15) is 0 Å². The van der Waals surface area contributed by atoms with Gasteiger partial charge in [0.1, 0.15) is 0 Å². The fraction of sp³-hybridized carbons (Fsp3) is 0.500. The minimum atomic E-state index is 0.779. The molecule has 21 heavy (non-hydrogen) atoms. The Balaban J connectivity index is 1.80. The van der Waals surface area contributed by atoms with Crippen molar-refractivity contribution >= 4 is 0 Å². The predicted molar refractivity (Wildman–Crippen MR) is 83.6 cm³/mol. The van der Waals surface area contributed by atoms with Crippen molar-refractivity contribution in [1.82, 2.24) is 24.3 Å². The number of hydrogen-bond acceptors (Lipinski definition) is 4. The van der Waals surface area contributed by atoms with Crippen molar-refractivity contribution in [2.24, 2.45) is 0 Å². The number of piperazine rings is 1. The van der Waals surface area contributed by atoms with Crippen LogP contribution in [-0.2, 0) is 6.54 Å². The Bertz CT molecular complexity index is 591. The zero-order valence-electron chi connectivity index (χ0n) is 13.1. The number of aryl methyl sites for hydroxylation is 2. The van der Waals surface area contributed by atoms with E-state index in [4.69, 9.17) is 0 Å². The molecule has 0 amide bonds. The summed E-state index contributed by atoms with van der Waals surface area (Å²) in [4.78, 5) is 14.0. The second-order valence-corrected chi connectivity index (χ2v) is 5.90. The average Bonchev–Trinajstić information content (AvgIpc) is 2.88. The molecule has 112 valence electrons. The Morgan fingerprint density at radius 1 is 1.05 bits per heavy atom. The van der Waals surface area contributed by atoms with E-state index in [-0.39, 0.29) is 0 Å². The summed E-state index contributed by atoms with van der Waals surface area (Å²) in [5.41, 5.74) is 3.28. The SMILES string of the molecule is Cc1cc(C)nc(-n2cccc2CN2CCN(C)CC2)n1. The van der Waals surface area contributed by atoms with Crippen molar-refractivity contribution < 1.29 is 0 Å². The minimum Gasteiger partial charge on any atom is -0.304 e. The lowest BCUT2D eigenvalue weighted by atomic mass is 10.3. The Morgan fingerprint density at radius 2 is 1.71 bits per heavy atom. The minimum absolute atomic E-state index is 0.779. The maximum absolute atomic E-state index is 4.57. The van der Waals surface area contributed by atoms with E-state index >= 15 is 0 Å². The first kappa shape index (κ1) is 14.2. The van der Waals surface area contributed by atoms with E-state index in [0.29, 0.717) is 0 Å². The molecule has 3 rings (SSSR count). The second-order valence-electron chi connectivity index (χ2n) is 5.90. The van der Waals surface area contributed by atoms with E-state index in [1.807, 2.05) is 19.9 Å². The van der Waals surface area contributed by atoms with Gasteiger partial charge < -0.3 is 4.90 Å². The normalized spacial score (nSPS) is 17.3. The molecule has 0 atom stereocenters. The largest absolute Gasteiger partial charge is 0.304 e. The molecule has 5 nitrogen and oxygen atoms in total. The first-order chi connectivity index (χ1) is 10.1. The molecule has 0 unspecified atom stereocenters. The van der Waals surface area contributed by atoms with Crippen LogP contribution in [0.25, 0.3) is 5.95 Å². The van der Waals surface area contributed by atoms with Gasteiger partial charge in [-0.15, -0.1) is 0 Å². The molecule has 2 aromatic rings. The molecule has 1 saturated heterocycles. The van der Waals surface area contributed by atoms with Gasteiger partial charge >= 0.3 is 0 Å². The smallest absolute Gasteiger partial charge is 0.234 e. The van der Waals surface area contributed by atoms with Crippen LogP contribution in [0.4, 0.5) is 0 Å². The van der Waals surface area contributed by atoms with Crippen molar-refractivity contribution in [2.45, 2.75) is 20.4 Å². The highest BCUT2D eigenvalue weighted by Gasteiger charge is 2.16. The van der Waals surface area contributed by atoms with Gasteiger partial charge in [-0.1, -0.05) is 0 Å². The molecule has 1 fully saturated rings. The Hall–Kier alpha value is -1.72. The number of hydrogen-bond donors (Lipinski definition) is 0. The lowest BCUT2D eigenvalue weighted by Gasteiger charge is -2.32. The van der Waals surface area contributed by atoms with Crippen molar-refractivity contribution in [2.75, 3.05) is 33.2 Å². The van der Waals surface area contributed by atoms with Crippen molar-refractivity contribution in [3.05, 3.63) is 41.5 Å². The van der Waals surface area contributed by atoms with Crippen LogP contribution in [0.5, 0.6) is 0 Å². The molecule has 0 N–H and O–H groups in total. The third-order valence-corrected chi connectivity index (χ3v) is 4.00. The van der Waals surface area contributed by atoms with Crippen molar-refractivity contribution in [3.63, 3.8) is 0 Å². The fourth-order valence-corrected chi connectivity index (χ4v) is 2.79. The van der Waals surface area contributed by atoms with E-state index in [1.165, 1.54) is 5.69 Å². The topological polar surface area (TPSA) is 37.2 Å². The summed E-state index contributed by atoms with van der Waals surface area (Å²) in [7, 11) is 2.18. The number of rotatable bonds is 3. The van der Waals surface area contributed by atoms with E-state index < -0.39 is 0 Å². The maximum atomic E-state index is 4.57. The van der Waals surface area contributed by atoms with Gasteiger partial charge in [-0.25, -0.2) is 9.97 Å². The predicted octanol–water partition coefficient (Wildman–Crippen LogP) is 1.63. The van der Waals surface area contributed by atoms with E-state index in [2.05, 4.69) is 49.7 Å². The zero-order chi connectivity index (χ0) is 14.8. The lowest BCUT2D eigenvalue weighted by Crippen LogP contribution is -2.44. The summed E-state index contributed by atoms with van der Waals surface area (Å²) in [5.74, 6) is 0.779. The van der Waals surface area contributed by atoms with Crippen LogP contribution in [0.15, 0.2) is 24.4 Å². The Labute approximate surface area is 126 Å². The molecule has 3 heterocycles. The molecule has 0 aromatic carbocycles. The van der Waals surface area contributed by atoms with E-state index in [1.54, 1.807) is 0 Å².